The highest BCUT2D eigenvalue weighted by molar-refractivity contribution is 7.89. The van der Waals surface area contributed by atoms with Crippen molar-refractivity contribution >= 4 is 10.0 Å². The van der Waals surface area contributed by atoms with Gasteiger partial charge in [0.25, 0.3) is 10.0 Å². The highest BCUT2D eigenvalue weighted by atomic mass is 32.2. The molecule has 2 aliphatic heterocycles. The lowest BCUT2D eigenvalue weighted by molar-refractivity contribution is -0.0294. The van der Waals surface area contributed by atoms with Crippen LogP contribution in [0.25, 0.3) is 0 Å². The number of imidazole rings is 1. The van der Waals surface area contributed by atoms with Gasteiger partial charge in [-0.3, -0.25) is 0 Å². The Morgan fingerprint density at radius 3 is 2.68 bits per heavy atom. The maximum atomic E-state index is 13.0. The Morgan fingerprint density at radius 2 is 2.05 bits per heavy atom. The lowest BCUT2D eigenvalue weighted by atomic mass is 9.99. The number of nitrogens with zero attached hydrogens (tertiary/aromatic N) is 3. The van der Waals surface area contributed by atoms with Crippen LogP contribution in [-0.2, 0) is 26.0 Å². The zero-order valence-electron chi connectivity index (χ0n) is 13.1. The second-order valence-corrected chi connectivity index (χ2v) is 8.27. The Balaban J connectivity index is 1.89. The van der Waals surface area contributed by atoms with Gasteiger partial charge in [0.1, 0.15) is 0 Å². The van der Waals surface area contributed by atoms with E-state index in [-0.39, 0.29) is 5.03 Å². The van der Waals surface area contributed by atoms with Gasteiger partial charge in [0.2, 0.25) is 0 Å². The number of aromatic nitrogens is 2. The molecule has 3 rings (SSSR count). The average Bonchev–Trinajstić information content (AvgIpc) is 3.09. The van der Waals surface area contributed by atoms with Gasteiger partial charge in [-0.05, 0) is 12.3 Å². The minimum Gasteiger partial charge on any atom is -0.379 e. The first kappa shape index (κ1) is 15.9. The third kappa shape index (κ3) is 2.80. The summed E-state index contributed by atoms with van der Waals surface area (Å²) < 4.78 is 40.3. The van der Waals surface area contributed by atoms with Gasteiger partial charge in [-0.1, -0.05) is 13.8 Å². The second kappa shape index (κ2) is 5.92. The number of hydrogen-bond acceptors (Lipinski definition) is 5. The van der Waals surface area contributed by atoms with Crippen LogP contribution in [0.3, 0.4) is 0 Å². The summed E-state index contributed by atoms with van der Waals surface area (Å²) >= 11 is 0. The predicted molar refractivity (Wildman–Crippen MR) is 79.9 cm³/mol. The summed E-state index contributed by atoms with van der Waals surface area (Å²) in [6.07, 6.45) is 3.87. The molecule has 2 fully saturated rings. The van der Waals surface area contributed by atoms with Crippen LogP contribution in [0, 0.1) is 5.92 Å². The summed E-state index contributed by atoms with van der Waals surface area (Å²) in [6.45, 7) is 7.02. The zero-order chi connectivity index (χ0) is 15.8. The fraction of sp³-hybridized carbons (Fsp3) is 0.786. The summed E-state index contributed by atoms with van der Waals surface area (Å²) in [4.78, 5) is 4.12. The zero-order valence-corrected chi connectivity index (χ0v) is 13.9. The van der Waals surface area contributed by atoms with E-state index in [9.17, 15) is 8.42 Å². The molecule has 1 aromatic heterocycles. The van der Waals surface area contributed by atoms with Gasteiger partial charge in [-0.15, -0.1) is 0 Å². The van der Waals surface area contributed by atoms with Crippen molar-refractivity contribution in [3.05, 3.63) is 12.5 Å². The first-order chi connectivity index (χ1) is 10.4. The Hall–Kier alpha value is -0.960. The molecule has 0 amide bonds. The van der Waals surface area contributed by atoms with Gasteiger partial charge in [0.05, 0.1) is 31.7 Å². The highest BCUT2D eigenvalue weighted by Crippen LogP contribution is 2.33. The van der Waals surface area contributed by atoms with Crippen LogP contribution in [0.15, 0.2) is 17.6 Å². The summed E-state index contributed by atoms with van der Waals surface area (Å²) in [5.74, 6) is 0.433. The third-order valence-electron chi connectivity index (χ3n) is 4.16. The predicted octanol–water partition coefficient (Wildman–Crippen LogP) is 0.719. The smallest absolute Gasteiger partial charge is 0.262 e. The maximum absolute atomic E-state index is 13.0. The standard InChI is InChI=1S/C14H23N3O4S/c1-12(2)7-16-8-13(15-11-16)22(18,19)17-4-6-21-10-14(17)3-5-20-9-14/h8,11-12H,3-7,9-10H2,1-2H3/t14-/m1/s1. The molecule has 1 atom stereocenters. The highest BCUT2D eigenvalue weighted by Gasteiger charge is 2.49. The number of ether oxygens (including phenoxy) is 2. The Morgan fingerprint density at radius 1 is 1.32 bits per heavy atom. The number of sulfonamides is 1. The summed E-state index contributed by atoms with van der Waals surface area (Å²) in [7, 11) is -3.63. The molecule has 2 aliphatic rings. The lowest BCUT2D eigenvalue weighted by Gasteiger charge is -2.41. The van der Waals surface area contributed by atoms with Crippen molar-refractivity contribution in [2.45, 2.75) is 37.4 Å². The molecule has 3 heterocycles. The Kier molecular flexibility index (Phi) is 4.28. The summed E-state index contributed by atoms with van der Waals surface area (Å²) in [5.41, 5.74) is -0.571. The summed E-state index contributed by atoms with van der Waals surface area (Å²) in [5, 5.41) is 0.112. The number of rotatable bonds is 4. The normalized spacial score (nSPS) is 27.0. The van der Waals surface area contributed by atoms with Crippen LogP contribution < -0.4 is 0 Å². The van der Waals surface area contributed by atoms with E-state index in [4.69, 9.17) is 9.47 Å². The van der Waals surface area contributed by atoms with Gasteiger partial charge < -0.3 is 14.0 Å². The van der Waals surface area contributed by atoms with E-state index in [1.165, 1.54) is 0 Å². The van der Waals surface area contributed by atoms with Crippen molar-refractivity contribution in [2.24, 2.45) is 5.92 Å². The molecule has 0 aromatic carbocycles. The van der Waals surface area contributed by atoms with E-state index in [0.717, 1.165) is 6.54 Å². The van der Waals surface area contributed by atoms with Gasteiger partial charge in [-0.2, -0.15) is 4.31 Å². The Labute approximate surface area is 131 Å². The maximum Gasteiger partial charge on any atom is 0.262 e. The fourth-order valence-corrected chi connectivity index (χ4v) is 4.80. The average molecular weight is 329 g/mol. The topological polar surface area (TPSA) is 73.7 Å². The van der Waals surface area contributed by atoms with E-state index in [2.05, 4.69) is 18.8 Å². The van der Waals surface area contributed by atoms with E-state index in [0.29, 0.717) is 45.3 Å². The van der Waals surface area contributed by atoms with E-state index in [1.807, 2.05) is 4.57 Å². The van der Waals surface area contributed by atoms with Crippen LogP contribution in [0.1, 0.15) is 20.3 Å². The molecule has 7 nitrogen and oxygen atoms in total. The lowest BCUT2D eigenvalue weighted by Crippen LogP contribution is -2.59. The first-order valence-corrected chi connectivity index (χ1v) is 9.08. The van der Waals surface area contributed by atoms with Crippen LogP contribution >= 0.6 is 0 Å². The van der Waals surface area contributed by atoms with Crippen molar-refractivity contribution in [1.29, 1.82) is 0 Å². The van der Waals surface area contributed by atoms with Crippen LogP contribution in [0.2, 0.25) is 0 Å². The minimum atomic E-state index is -3.63. The van der Waals surface area contributed by atoms with Crippen molar-refractivity contribution < 1.29 is 17.9 Å². The molecule has 22 heavy (non-hydrogen) atoms. The quantitative estimate of drug-likeness (QED) is 0.814. The second-order valence-electron chi connectivity index (χ2n) is 6.46. The number of morpholine rings is 1. The van der Waals surface area contributed by atoms with Crippen molar-refractivity contribution in [2.75, 3.05) is 33.0 Å². The van der Waals surface area contributed by atoms with Crippen molar-refractivity contribution in [1.82, 2.24) is 13.9 Å². The fourth-order valence-electron chi connectivity index (χ4n) is 3.11. The van der Waals surface area contributed by atoms with Crippen LogP contribution in [0.4, 0.5) is 0 Å². The van der Waals surface area contributed by atoms with E-state index < -0.39 is 15.6 Å². The van der Waals surface area contributed by atoms with Gasteiger partial charge in [-0.25, -0.2) is 13.4 Å². The molecule has 2 saturated heterocycles. The molecule has 0 aliphatic carbocycles. The molecule has 0 unspecified atom stereocenters. The molecular formula is C14H23N3O4S. The van der Waals surface area contributed by atoms with E-state index in [1.54, 1.807) is 16.8 Å². The minimum absolute atomic E-state index is 0.112. The molecule has 1 aromatic rings. The van der Waals surface area contributed by atoms with Gasteiger partial charge in [0, 0.05) is 25.9 Å². The third-order valence-corrected chi connectivity index (χ3v) is 6.05. The van der Waals surface area contributed by atoms with Crippen LogP contribution in [0.5, 0.6) is 0 Å². The first-order valence-electron chi connectivity index (χ1n) is 7.64. The van der Waals surface area contributed by atoms with Crippen LogP contribution in [-0.4, -0.2) is 60.8 Å². The summed E-state index contributed by atoms with van der Waals surface area (Å²) in [6, 6.07) is 0. The monoisotopic (exact) mass is 329 g/mol. The largest absolute Gasteiger partial charge is 0.379 e. The SMILES string of the molecule is CC(C)Cn1cnc(S(=O)(=O)N2CCOC[C@]23CCOC3)c1. The van der Waals surface area contributed by atoms with Gasteiger partial charge >= 0.3 is 0 Å². The molecule has 0 bridgehead atoms. The van der Waals surface area contributed by atoms with Crippen molar-refractivity contribution in [3.8, 4) is 0 Å². The molecule has 8 heteroatoms. The van der Waals surface area contributed by atoms with Gasteiger partial charge in [0.15, 0.2) is 5.03 Å². The number of hydrogen-bond donors (Lipinski definition) is 0. The van der Waals surface area contributed by atoms with Crippen molar-refractivity contribution in [3.63, 3.8) is 0 Å². The molecule has 0 radical (unpaired) electrons. The molecular weight excluding hydrogens is 306 g/mol. The molecule has 124 valence electrons. The molecule has 0 N–H and O–H groups in total. The molecule has 0 saturated carbocycles. The Bertz CT molecular complexity index is 620. The molecule has 1 spiro atoms. The van der Waals surface area contributed by atoms with E-state index >= 15 is 0 Å².